The molecule has 0 spiro atoms. The summed E-state index contributed by atoms with van der Waals surface area (Å²) in [5.74, 6) is 0. The highest BCUT2D eigenvalue weighted by molar-refractivity contribution is 7.99. The average Bonchev–Trinajstić information content (AvgIpc) is 2.23. The van der Waals surface area contributed by atoms with Gasteiger partial charge in [-0.25, -0.2) is 9.97 Å². The quantitative estimate of drug-likeness (QED) is 0.787. The summed E-state index contributed by atoms with van der Waals surface area (Å²) in [7, 11) is 0. The van der Waals surface area contributed by atoms with Gasteiger partial charge >= 0.3 is 0 Å². The fraction of sp³-hybridized carbons (Fsp3) is 0.182. The molecule has 0 unspecified atom stereocenters. The van der Waals surface area contributed by atoms with Gasteiger partial charge in [-0.2, -0.15) is 0 Å². The number of nitrogens with one attached hydrogen (secondary N) is 1. The van der Waals surface area contributed by atoms with Gasteiger partial charge in [0.15, 0.2) is 5.16 Å². The number of nitrogens with two attached hydrogens (primary N) is 1. The number of aryl methyl sites for hydroxylation is 2. The molecular weight excluding hydrogens is 236 g/mol. The van der Waals surface area contributed by atoms with Crippen molar-refractivity contribution in [1.29, 1.82) is 0 Å². The van der Waals surface area contributed by atoms with Crippen molar-refractivity contribution in [2.75, 3.05) is 5.73 Å². The van der Waals surface area contributed by atoms with Gasteiger partial charge in [0.2, 0.25) is 0 Å². The third kappa shape index (κ3) is 2.65. The molecule has 0 radical (unpaired) electrons. The lowest BCUT2D eigenvalue weighted by atomic mass is 10.3. The number of H-pyrrole nitrogens is 1. The molecule has 3 N–H and O–H groups in total. The molecule has 88 valence electrons. The molecule has 17 heavy (non-hydrogen) atoms. The van der Waals surface area contributed by atoms with Gasteiger partial charge in [0.1, 0.15) is 5.03 Å². The zero-order chi connectivity index (χ0) is 12.4. The SMILES string of the molecule is Cc1cc(=O)[nH]c(Sc2nccc(C)c2N)n1. The van der Waals surface area contributed by atoms with E-state index < -0.39 is 0 Å². The Balaban J connectivity index is 2.38. The highest BCUT2D eigenvalue weighted by Gasteiger charge is 2.07. The minimum atomic E-state index is -0.175. The van der Waals surface area contributed by atoms with Gasteiger partial charge in [-0.1, -0.05) is 0 Å². The van der Waals surface area contributed by atoms with Crippen molar-refractivity contribution < 1.29 is 0 Å². The average molecular weight is 248 g/mol. The predicted molar refractivity (Wildman–Crippen MR) is 67.1 cm³/mol. The van der Waals surface area contributed by atoms with E-state index in [1.54, 1.807) is 13.1 Å². The molecule has 0 aliphatic rings. The number of nitrogen functional groups attached to an aromatic ring is 1. The van der Waals surface area contributed by atoms with Crippen LogP contribution in [0, 0.1) is 13.8 Å². The smallest absolute Gasteiger partial charge is 0.251 e. The van der Waals surface area contributed by atoms with Gasteiger partial charge in [-0.15, -0.1) is 0 Å². The molecular formula is C11H12N4OS. The van der Waals surface area contributed by atoms with E-state index in [1.165, 1.54) is 17.8 Å². The molecule has 2 heterocycles. The van der Waals surface area contributed by atoms with Crippen LogP contribution in [0.3, 0.4) is 0 Å². The first-order chi connectivity index (χ1) is 8.06. The maximum Gasteiger partial charge on any atom is 0.251 e. The molecule has 2 aromatic heterocycles. The van der Waals surface area contributed by atoms with Crippen LogP contribution in [0.4, 0.5) is 5.69 Å². The van der Waals surface area contributed by atoms with Crippen molar-refractivity contribution in [2.45, 2.75) is 24.0 Å². The Morgan fingerprint density at radius 2 is 2.18 bits per heavy atom. The summed E-state index contributed by atoms with van der Waals surface area (Å²) in [6.07, 6.45) is 1.68. The van der Waals surface area contributed by atoms with Crippen LogP contribution >= 0.6 is 11.8 Å². The van der Waals surface area contributed by atoms with Crippen LogP contribution < -0.4 is 11.3 Å². The summed E-state index contributed by atoms with van der Waals surface area (Å²) in [5.41, 5.74) is 7.97. The van der Waals surface area contributed by atoms with Crippen molar-refractivity contribution in [3.05, 3.63) is 39.9 Å². The van der Waals surface area contributed by atoms with Gasteiger partial charge in [-0.05, 0) is 37.2 Å². The van der Waals surface area contributed by atoms with Crippen molar-refractivity contribution >= 4 is 17.4 Å². The highest BCUT2D eigenvalue weighted by atomic mass is 32.2. The minimum absolute atomic E-state index is 0.175. The summed E-state index contributed by atoms with van der Waals surface area (Å²) >= 11 is 1.25. The number of nitrogens with zero attached hydrogens (tertiary/aromatic N) is 2. The number of hydrogen-bond donors (Lipinski definition) is 2. The standard InChI is InChI=1S/C11H12N4OS/c1-6-3-4-13-10(9(6)12)17-11-14-7(2)5-8(16)15-11/h3-5H,12H2,1-2H3,(H,14,15,16). The van der Waals surface area contributed by atoms with Gasteiger partial charge in [0, 0.05) is 18.0 Å². The van der Waals surface area contributed by atoms with Crippen LogP contribution in [0.2, 0.25) is 0 Å². The van der Waals surface area contributed by atoms with Gasteiger partial charge in [0.25, 0.3) is 5.56 Å². The van der Waals surface area contributed by atoms with E-state index in [0.717, 1.165) is 5.56 Å². The normalized spacial score (nSPS) is 10.5. The Labute approximate surface area is 103 Å². The van der Waals surface area contributed by atoms with E-state index in [-0.39, 0.29) is 5.56 Å². The summed E-state index contributed by atoms with van der Waals surface area (Å²) in [6.45, 7) is 3.68. The molecule has 0 bridgehead atoms. The zero-order valence-electron chi connectivity index (χ0n) is 9.52. The van der Waals surface area contributed by atoms with E-state index in [1.807, 2.05) is 13.0 Å². The third-order valence-electron chi connectivity index (χ3n) is 2.21. The van der Waals surface area contributed by atoms with E-state index in [4.69, 9.17) is 5.73 Å². The van der Waals surface area contributed by atoms with Gasteiger partial charge in [-0.3, -0.25) is 4.79 Å². The maximum absolute atomic E-state index is 11.3. The van der Waals surface area contributed by atoms with E-state index in [9.17, 15) is 4.79 Å². The molecule has 0 saturated carbocycles. The minimum Gasteiger partial charge on any atom is -0.396 e. The highest BCUT2D eigenvalue weighted by Crippen LogP contribution is 2.28. The molecule has 0 saturated heterocycles. The van der Waals surface area contributed by atoms with E-state index >= 15 is 0 Å². The van der Waals surface area contributed by atoms with Crippen molar-refractivity contribution in [3.63, 3.8) is 0 Å². The van der Waals surface area contributed by atoms with Crippen molar-refractivity contribution in [3.8, 4) is 0 Å². The van der Waals surface area contributed by atoms with Crippen molar-refractivity contribution in [2.24, 2.45) is 0 Å². The lowest BCUT2D eigenvalue weighted by molar-refractivity contribution is 0.902. The first kappa shape index (κ1) is 11.7. The third-order valence-corrected chi connectivity index (χ3v) is 3.12. The molecule has 5 nitrogen and oxygen atoms in total. The predicted octanol–water partition coefficient (Wildman–Crippen LogP) is 1.52. The first-order valence-corrected chi connectivity index (χ1v) is 5.85. The lowest BCUT2D eigenvalue weighted by Crippen LogP contribution is -2.08. The molecule has 2 rings (SSSR count). The molecule has 0 atom stereocenters. The van der Waals surface area contributed by atoms with Crippen LogP contribution in [0.1, 0.15) is 11.3 Å². The summed E-state index contributed by atoms with van der Waals surface area (Å²) < 4.78 is 0. The first-order valence-electron chi connectivity index (χ1n) is 5.03. The number of aromatic nitrogens is 3. The summed E-state index contributed by atoms with van der Waals surface area (Å²) in [4.78, 5) is 22.3. The van der Waals surface area contributed by atoms with E-state index in [0.29, 0.717) is 21.6 Å². The topological polar surface area (TPSA) is 84.7 Å². The number of rotatable bonds is 2. The van der Waals surface area contributed by atoms with E-state index in [2.05, 4.69) is 15.0 Å². The van der Waals surface area contributed by atoms with Gasteiger partial charge in [0.05, 0.1) is 5.69 Å². The molecule has 0 aliphatic heterocycles. The van der Waals surface area contributed by atoms with Crippen LogP contribution in [-0.2, 0) is 0 Å². The van der Waals surface area contributed by atoms with Gasteiger partial charge < -0.3 is 10.7 Å². The fourth-order valence-corrected chi connectivity index (χ4v) is 2.23. The summed E-state index contributed by atoms with van der Waals surface area (Å²) in [6, 6.07) is 3.28. The Morgan fingerprint density at radius 3 is 2.88 bits per heavy atom. The second-order valence-corrected chi connectivity index (χ2v) is 4.62. The Kier molecular flexibility index (Phi) is 3.14. The molecule has 0 aliphatic carbocycles. The second kappa shape index (κ2) is 4.58. The molecule has 0 aromatic carbocycles. The Hall–Kier alpha value is -1.82. The molecule has 2 aromatic rings. The zero-order valence-corrected chi connectivity index (χ0v) is 10.3. The Morgan fingerprint density at radius 1 is 1.41 bits per heavy atom. The number of anilines is 1. The molecule has 6 heteroatoms. The lowest BCUT2D eigenvalue weighted by Gasteiger charge is -2.05. The monoisotopic (exact) mass is 248 g/mol. The molecule has 0 fully saturated rings. The fourth-order valence-electron chi connectivity index (χ4n) is 1.32. The van der Waals surface area contributed by atoms with Crippen LogP contribution in [0.15, 0.2) is 33.3 Å². The van der Waals surface area contributed by atoms with Crippen LogP contribution in [0.25, 0.3) is 0 Å². The molecule has 0 amide bonds. The van der Waals surface area contributed by atoms with Crippen LogP contribution in [0.5, 0.6) is 0 Å². The second-order valence-electron chi connectivity index (χ2n) is 3.64. The largest absolute Gasteiger partial charge is 0.396 e. The number of aromatic amines is 1. The van der Waals surface area contributed by atoms with Crippen molar-refractivity contribution in [1.82, 2.24) is 15.0 Å². The summed E-state index contributed by atoms with van der Waals surface area (Å²) in [5, 5.41) is 1.15. The Bertz CT molecular complexity index is 609. The van der Waals surface area contributed by atoms with Crippen LogP contribution in [-0.4, -0.2) is 15.0 Å². The number of hydrogen-bond acceptors (Lipinski definition) is 5. The maximum atomic E-state index is 11.3. The number of pyridine rings is 1.